The normalized spacial score (nSPS) is 12.9. The number of hydrogen-bond donors (Lipinski definition) is 3. The Morgan fingerprint density at radius 1 is 1.08 bits per heavy atom. The summed E-state index contributed by atoms with van der Waals surface area (Å²) >= 11 is 0. The summed E-state index contributed by atoms with van der Waals surface area (Å²) in [6.07, 6.45) is 0.700. The second kappa shape index (κ2) is 13.3. The first-order valence-corrected chi connectivity index (χ1v) is 9.38. The SMILES string of the molecule is CC.CC.CCC(C)(O[B]c1ccc(CO)c(CNC)c1)C(C)(C)O. The fourth-order valence-corrected chi connectivity index (χ4v) is 2.09. The Hall–Kier alpha value is -0.875. The Kier molecular flexibility index (Phi) is 14.1. The van der Waals surface area contributed by atoms with Crippen LogP contribution in [0, 0.1) is 0 Å². The summed E-state index contributed by atoms with van der Waals surface area (Å²) in [6, 6.07) is 5.79. The van der Waals surface area contributed by atoms with Gasteiger partial charge in [0.05, 0.1) is 17.8 Å². The second-order valence-electron chi connectivity index (χ2n) is 6.10. The van der Waals surface area contributed by atoms with Crippen LogP contribution >= 0.6 is 0 Å². The molecule has 0 aliphatic heterocycles. The molecule has 0 heterocycles. The Morgan fingerprint density at radius 3 is 2.04 bits per heavy atom. The molecule has 3 N–H and O–H groups in total. The molecule has 0 fully saturated rings. The standard InChI is InChI=1S/C16H27BNO3.2C2H6/c1-6-16(4,15(2,3)20)21-17-14-8-7-12(11-19)13(9-14)10-18-5;2*1-2/h7-9,18-20H,6,10-11H2,1-5H3;2*1-2H3. The largest absolute Gasteiger partial charge is 0.426 e. The summed E-state index contributed by atoms with van der Waals surface area (Å²) in [7, 11) is 3.55. The van der Waals surface area contributed by atoms with E-state index in [0.717, 1.165) is 16.6 Å². The predicted octanol–water partition coefficient (Wildman–Crippen LogP) is 3.15. The lowest BCUT2D eigenvalue weighted by molar-refractivity contribution is -0.103. The minimum Gasteiger partial charge on any atom is -0.426 e. The smallest absolute Gasteiger partial charge is 0.330 e. The molecule has 0 bridgehead atoms. The molecular weight excluding hydrogens is 313 g/mol. The molecule has 1 radical (unpaired) electrons. The van der Waals surface area contributed by atoms with Crippen LogP contribution in [-0.2, 0) is 17.8 Å². The molecule has 0 aromatic heterocycles. The Bertz CT molecular complexity index is 461. The summed E-state index contributed by atoms with van der Waals surface area (Å²) in [4.78, 5) is 0. The van der Waals surface area contributed by atoms with E-state index in [4.69, 9.17) is 4.65 Å². The molecule has 25 heavy (non-hydrogen) atoms. The Balaban J connectivity index is 0. The van der Waals surface area contributed by atoms with Gasteiger partial charge < -0.3 is 20.2 Å². The fourth-order valence-electron chi connectivity index (χ4n) is 2.09. The van der Waals surface area contributed by atoms with Gasteiger partial charge in [-0.2, -0.15) is 0 Å². The molecule has 1 rings (SSSR count). The van der Waals surface area contributed by atoms with Crippen molar-refractivity contribution in [1.29, 1.82) is 0 Å². The maximum atomic E-state index is 10.2. The molecule has 1 atom stereocenters. The van der Waals surface area contributed by atoms with Gasteiger partial charge in [0.15, 0.2) is 0 Å². The maximum absolute atomic E-state index is 10.2. The minimum absolute atomic E-state index is 0.0223. The lowest BCUT2D eigenvalue weighted by Crippen LogP contribution is -2.51. The van der Waals surface area contributed by atoms with Crippen LogP contribution in [0.15, 0.2) is 18.2 Å². The summed E-state index contributed by atoms with van der Waals surface area (Å²) in [6.45, 7) is 16.1. The van der Waals surface area contributed by atoms with Gasteiger partial charge in [-0.1, -0.05) is 58.3 Å². The van der Waals surface area contributed by atoms with Crippen LogP contribution in [0.3, 0.4) is 0 Å². The quantitative estimate of drug-likeness (QED) is 0.629. The van der Waals surface area contributed by atoms with Crippen molar-refractivity contribution < 1.29 is 14.9 Å². The van der Waals surface area contributed by atoms with Crippen molar-refractivity contribution in [2.45, 2.75) is 86.2 Å². The molecule has 145 valence electrons. The lowest BCUT2D eigenvalue weighted by atomic mass is 9.79. The molecule has 0 saturated heterocycles. The second-order valence-corrected chi connectivity index (χ2v) is 6.10. The molecule has 1 aromatic rings. The van der Waals surface area contributed by atoms with Gasteiger partial charge in [0.1, 0.15) is 0 Å². The zero-order valence-electron chi connectivity index (χ0n) is 17.7. The van der Waals surface area contributed by atoms with E-state index >= 15 is 0 Å². The number of hydrogen-bond acceptors (Lipinski definition) is 4. The van der Waals surface area contributed by atoms with Crippen LogP contribution in [-0.4, -0.2) is 35.9 Å². The van der Waals surface area contributed by atoms with Crippen molar-refractivity contribution in [3.8, 4) is 0 Å². The first kappa shape index (κ1) is 26.4. The van der Waals surface area contributed by atoms with E-state index in [9.17, 15) is 10.2 Å². The first-order valence-electron chi connectivity index (χ1n) is 9.38. The third-order valence-electron chi connectivity index (χ3n) is 4.19. The van der Waals surface area contributed by atoms with Crippen molar-refractivity contribution in [3.63, 3.8) is 0 Å². The van der Waals surface area contributed by atoms with Gasteiger partial charge in [-0.3, -0.25) is 0 Å². The van der Waals surface area contributed by atoms with Crippen molar-refractivity contribution in [3.05, 3.63) is 29.3 Å². The molecule has 0 aliphatic carbocycles. The van der Waals surface area contributed by atoms with Crippen LogP contribution in [0.25, 0.3) is 0 Å². The summed E-state index contributed by atoms with van der Waals surface area (Å²) in [5.41, 5.74) is 1.28. The van der Waals surface area contributed by atoms with E-state index in [2.05, 4.69) is 5.32 Å². The number of aliphatic hydroxyl groups is 2. The minimum atomic E-state index is -0.933. The van der Waals surface area contributed by atoms with E-state index in [-0.39, 0.29) is 6.61 Å². The van der Waals surface area contributed by atoms with Gasteiger partial charge in [-0.15, -0.1) is 0 Å². The van der Waals surface area contributed by atoms with Crippen molar-refractivity contribution in [2.75, 3.05) is 7.05 Å². The Morgan fingerprint density at radius 2 is 1.64 bits per heavy atom. The molecule has 1 aromatic carbocycles. The van der Waals surface area contributed by atoms with Gasteiger partial charge in [-0.05, 0) is 45.4 Å². The van der Waals surface area contributed by atoms with Gasteiger partial charge in [0.2, 0.25) is 0 Å². The zero-order valence-corrected chi connectivity index (χ0v) is 17.7. The number of rotatable bonds is 8. The highest BCUT2D eigenvalue weighted by atomic mass is 16.5. The molecule has 0 saturated carbocycles. The third kappa shape index (κ3) is 8.36. The molecule has 1 unspecified atom stereocenters. The van der Waals surface area contributed by atoms with E-state index in [0.29, 0.717) is 13.0 Å². The number of aliphatic hydroxyl groups excluding tert-OH is 1. The summed E-state index contributed by atoms with van der Waals surface area (Å²) < 4.78 is 5.88. The van der Waals surface area contributed by atoms with Gasteiger partial charge in [-0.25, -0.2) is 0 Å². The summed E-state index contributed by atoms with van der Waals surface area (Å²) in [5, 5.41) is 22.7. The fraction of sp³-hybridized carbons (Fsp3) is 0.700. The van der Waals surface area contributed by atoms with Gasteiger partial charge in [0, 0.05) is 6.54 Å². The Labute approximate surface area is 156 Å². The van der Waals surface area contributed by atoms with Crippen LogP contribution in [0.4, 0.5) is 0 Å². The maximum Gasteiger partial charge on any atom is 0.330 e. The lowest BCUT2D eigenvalue weighted by Gasteiger charge is -2.40. The monoisotopic (exact) mass is 352 g/mol. The number of benzene rings is 1. The van der Waals surface area contributed by atoms with E-state index in [1.54, 1.807) is 21.3 Å². The van der Waals surface area contributed by atoms with Crippen LogP contribution in [0.5, 0.6) is 0 Å². The summed E-state index contributed by atoms with van der Waals surface area (Å²) in [5.74, 6) is 0. The number of nitrogens with one attached hydrogen (secondary N) is 1. The average molecular weight is 352 g/mol. The molecule has 5 heteroatoms. The third-order valence-corrected chi connectivity index (χ3v) is 4.19. The molecule has 0 spiro atoms. The van der Waals surface area contributed by atoms with Gasteiger partial charge in [0.25, 0.3) is 0 Å². The predicted molar refractivity (Wildman–Crippen MR) is 109 cm³/mol. The van der Waals surface area contributed by atoms with Crippen LogP contribution < -0.4 is 10.8 Å². The highest BCUT2D eigenvalue weighted by Crippen LogP contribution is 2.28. The molecule has 4 nitrogen and oxygen atoms in total. The van der Waals surface area contributed by atoms with Gasteiger partial charge >= 0.3 is 7.48 Å². The molecule has 0 aliphatic rings. The van der Waals surface area contributed by atoms with Crippen molar-refractivity contribution in [1.82, 2.24) is 5.32 Å². The molecular formula is C20H39BNO3. The highest BCUT2D eigenvalue weighted by molar-refractivity contribution is 6.47. The van der Waals surface area contributed by atoms with Crippen LogP contribution in [0.1, 0.15) is 72.9 Å². The molecule has 0 amide bonds. The average Bonchev–Trinajstić information content (AvgIpc) is 2.62. The van der Waals surface area contributed by atoms with Crippen molar-refractivity contribution >= 4 is 12.9 Å². The van der Waals surface area contributed by atoms with E-state index in [1.807, 2.05) is 66.8 Å². The topological polar surface area (TPSA) is 61.7 Å². The first-order chi connectivity index (χ1) is 11.8. The van der Waals surface area contributed by atoms with Crippen LogP contribution in [0.2, 0.25) is 0 Å². The van der Waals surface area contributed by atoms with Crippen molar-refractivity contribution in [2.24, 2.45) is 0 Å². The highest BCUT2D eigenvalue weighted by Gasteiger charge is 2.38. The zero-order chi connectivity index (χ0) is 20.1. The van der Waals surface area contributed by atoms with E-state index in [1.165, 1.54) is 0 Å². The van der Waals surface area contributed by atoms with E-state index < -0.39 is 11.2 Å².